The van der Waals surface area contributed by atoms with Crippen LogP contribution in [-0.4, -0.2) is 19.1 Å². The van der Waals surface area contributed by atoms with Crippen molar-refractivity contribution in [1.82, 2.24) is 10.6 Å². The molecule has 0 atom stereocenters. The Morgan fingerprint density at radius 2 is 1.95 bits per heavy atom. The lowest BCUT2D eigenvalue weighted by atomic mass is 9.89. The number of rotatable bonds is 2. The maximum Gasteiger partial charge on any atom is 0.314 e. The third-order valence-electron chi connectivity index (χ3n) is 4.20. The highest BCUT2D eigenvalue weighted by molar-refractivity contribution is 5.77. The Labute approximate surface area is 119 Å². The number of nitrogens with two attached hydrogens (primary N) is 1. The molecule has 106 valence electrons. The third-order valence-corrected chi connectivity index (χ3v) is 4.20. The van der Waals surface area contributed by atoms with E-state index >= 15 is 0 Å². The minimum absolute atomic E-state index is 0.0769. The lowest BCUT2D eigenvalue weighted by Crippen LogP contribution is -2.47. The molecule has 2 amide bonds. The smallest absolute Gasteiger partial charge is 0.314 e. The van der Waals surface area contributed by atoms with Gasteiger partial charge in [-0.05, 0) is 49.0 Å². The van der Waals surface area contributed by atoms with E-state index in [1.807, 2.05) is 6.07 Å². The number of carbonyl (C=O) groups is 1. The van der Waals surface area contributed by atoms with Crippen LogP contribution in [-0.2, 0) is 0 Å². The quantitative estimate of drug-likeness (QED) is 0.724. The summed E-state index contributed by atoms with van der Waals surface area (Å²) in [6.45, 7) is 1.38. The molecule has 1 aromatic rings. The first-order valence-electron chi connectivity index (χ1n) is 7.34. The van der Waals surface area contributed by atoms with Gasteiger partial charge in [0.1, 0.15) is 0 Å². The van der Waals surface area contributed by atoms with Gasteiger partial charge in [0.05, 0.1) is 0 Å². The van der Waals surface area contributed by atoms with Crippen molar-refractivity contribution in [2.75, 3.05) is 18.8 Å². The number of allylic oxidation sites excluding steroid dienone is 2. The molecule has 0 aromatic heterocycles. The fourth-order valence-electron chi connectivity index (χ4n) is 2.99. The molecule has 1 aliphatic carbocycles. The molecule has 1 fully saturated rings. The monoisotopic (exact) mass is 271 g/mol. The molecule has 0 bridgehead atoms. The summed E-state index contributed by atoms with van der Waals surface area (Å²) in [5.74, 6) is 0.316. The van der Waals surface area contributed by atoms with E-state index in [9.17, 15) is 4.79 Å². The zero-order valence-corrected chi connectivity index (χ0v) is 11.6. The maximum atomic E-state index is 11.2. The number of nitrogens with one attached hydrogen (secondary N) is 2. The maximum absolute atomic E-state index is 11.2. The van der Waals surface area contributed by atoms with Gasteiger partial charge < -0.3 is 16.4 Å². The molecule has 4 heteroatoms. The SMILES string of the molecule is Nc1ccc(C2CNC(=O)NC2)cc1C1=CCCCC1. The predicted molar refractivity (Wildman–Crippen MR) is 81.4 cm³/mol. The fourth-order valence-corrected chi connectivity index (χ4v) is 2.99. The van der Waals surface area contributed by atoms with Crippen LogP contribution in [0.5, 0.6) is 0 Å². The zero-order chi connectivity index (χ0) is 13.9. The lowest BCUT2D eigenvalue weighted by Gasteiger charge is -2.25. The van der Waals surface area contributed by atoms with Crippen LogP contribution in [0.4, 0.5) is 10.5 Å². The molecule has 0 radical (unpaired) electrons. The molecule has 1 aromatic carbocycles. The number of hydrogen-bond acceptors (Lipinski definition) is 2. The van der Waals surface area contributed by atoms with E-state index in [1.165, 1.54) is 29.5 Å². The highest BCUT2D eigenvalue weighted by Gasteiger charge is 2.20. The van der Waals surface area contributed by atoms with Crippen LogP contribution in [0.2, 0.25) is 0 Å². The van der Waals surface area contributed by atoms with Gasteiger partial charge in [-0.3, -0.25) is 0 Å². The van der Waals surface area contributed by atoms with E-state index < -0.39 is 0 Å². The second-order valence-corrected chi connectivity index (χ2v) is 5.61. The molecule has 3 rings (SSSR count). The number of urea groups is 1. The molecule has 1 saturated heterocycles. The minimum Gasteiger partial charge on any atom is -0.398 e. The summed E-state index contributed by atoms with van der Waals surface area (Å²) in [5, 5.41) is 5.70. The van der Waals surface area contributed by atoms with Gasteiger partial charge in [-0.1, -0.05) is 12.1 Å². The van der Waals surface area contributed by atoms with Crippen LogP contribution >= 0.6 is 0 Å². The minimum atomic E-state index is -0.0769. The standard InChI is InChI=1S/C16H21N3O/c17-15-7-6-12(13-9-18-16(20)19-10-13)8-14(15)11-4-2-1-3-5-11/h4,6-8,13H,1-3,5,9-10,17H2,(H2,18,19,20). The highest BCUT2D eigenvalue weighted by Crippen LogP contribution is 2.32. The predicted octanol–water partition coefficient (Wildman–Crippen LogP) is 2.62. The Morgan fingerprint density at radius 3 is 2.65 bits per heavy atom. The van der Waals surface area contributed by atoms with Gasteiger partial charge in [0.25, 0.3) is 0 Å². The van der Waals surface area contributed by atoms with E-state index in [1.54, 1.807) is 0 Å². The van der Waals surface area contributed by atoms with Gasteiger partial charge in [0.2, 0.25) is 0 Å². The van der Waals surface area contributed by atoms with E-state index in [4.69, 9.17) is 5.73 Å². The molecular formula is C16H21N3O. The Balaban J connectivity index is 1.86. The van der Waals surface area contributed by atoms with Crippen molar-refractivity contribution in [2.45, 2.75) is 31.6 Å². The van der Waals surface area contributed by atoms with Gasteiger partial charge in [0.15, 0.2) is 0 Å². The van der Waals surface area contributed by atoms with Crippen molar-refractivity contribution in [2.24, 2.45) is 0 Å². The van der Waals surface area contributed by atoms with Crippen molar-refractivity contribution in [3.05, 3.63) is 35.4 Å². The van der Waals surface area contributed by atoms with E-state index in [0.717, 1.165) is 18.5 Å². The molecule has 0 unspecified atom stereocenters. The second-order valence-electron chi connectivity index (χ2n) is 5.61. The van der Waals surface area contributed by atoms with Crippen LogP contribution in [0.3, 0.4) is 0 Å². The molecule has 1 heterocycles. The van der Waals surface area contributed by atoms with E-state index in [2.05, 4.69) is 28.8 Å². The summed E-state index contributed by atoms with van der Waals surface area (Å²) in [6, 6.07) is 6.20. The molecule has 4 N–H and O–H groups in total. The van der Waals surface area contributed by atoms with E-state index in [-0.39, 0.29) is 6.03 Å². The van der Waals surface area contributed by atoms with Crippen molar-refractivity contribution < 1.29 is 4.79 Å². The van der Waals surface area contributed by atoms with Gasteiger partial charge in [0, 0.05) is 30.3 Å². The molecular weight excluding hydrogens is 250 g/mol. The highest BCUT2D eigenvalue weighted by atomic mass is 16.2. The van der Waals surface area contributed by atoms with Gasteiger partial charge >= 0.3 is 6.03 Å². The number of amides is 2. The van der Waals surface area contributed by atoms with E-state index in [0.29, 0.717) is 19.0 Å². The number of benzene rings is 1. The van der Waals surface area contributed by atoms with Crippen molar-refractivity contribution in [3.63, 3.8) is 0 Å². The summed E-state index contributed by atoms with van der Waals surface area (Å²) in [4.78, 5) is 11.2. The average molecular weight is 271 g/mol. The first kappa shape index (κ1) is 13.0. The molecule has 4 nitrogen and oxygen atoms in total. The zero-order valence-electron chi connectivity index (χ0n) is 11.6. The largest absolute Gasteiger partial charge is 0.398 e. The Bertz CT molecular complexity index is 541. The first-order valence-corrected chi connectivity index (χ1v) is 7.34. The molecule has 1 aliphatic heterocycles. The topological polar surface area (TPSA) is 67.1 Å². The third kappa shape index (κ3) is 2.64. The lowest BCUT2D eigenvalue weighted by molar-refractivity contribution is 0.234. The molecule has 0 saturated carbocycles. The second kappa shape index (κ2) is 5.57. The van der Waals surface area contributed by atoms with Crippen molar-refractivity contribution in [3.8, 4) is 0 Å². The van der Waals surface area contributed by atoms with Gasteiger partial charge in [-0.2, -0.15) is 0 Å². The van der Waals surface area contributed by atoms with Crippen LogP contribution in [0.25, 0.3) is 5.57 Å². The normalized spacial score (nSPS) is 20.0. The van der Waals surface area contributed by atoms with Gasteiger partial charge in [-0.15, -0.1) is 0 Å². The van der Waals surface area contributed by atoms with Crippen LogP contribution in [0.1, 0.15) is 42.7 Å². The Morgan fingerprint density at radius 1 is 1.15 bits per heavy atom. The molecule has 2 aliphatic rings. The number of carbonyl (C=O) groups excluding carboxylic acids is 1. The Hall–Kier alpha value is -1.97. The number of hydrogen-bond donors (Lipinski definition) is 3. The molecule has 0 spiro atoms. The number of nitrogen functional groups attached to an aromatic ring is 1. The summed E-state index contributed by atoms with van der Waals surface area (Å²) in [7, 11) is 0. The van der Waals surface area contributed by atoms with Crippen molar-refractivity contribution >= 4 is 17.3 Å². The van der Waals surface area contributed by atoms with Crippen molar-refractivity contribution in [1.29, 1.82) is 0 Å². The van der Waals surface area contributed by atoms with Crippen LogP contribution < -0.4 is 16.4 Å². The summed E-state index contributed by atoms with van der Waals surface area (Å²) in [5.41, 5.74) is 10.8. The molecule has 20 heavy (non-hydrogen) atoms. The average Bonchev–Trinajstić information content (AvgIpc) is 2.50. The first-order chi connectivity index (χ1) is 9.74. The van der Waals surface area contributed by atoms with Crippen LogP contribution in [0, 0.1) is 0 Å². The fraction of sp³-hybridized carbons (Fsp3) is 0.438. The van der Waals surface area contributed by atoms with Crippen LogP contribution in [0.15, 0.2) is 24.3 Å². The summed E-state index contributed by atoms with van der Waals surface area (Å²) >= 11 is 0. The Kier molecular flexibility index (Phi) is 3.63. The number of anilines is 1. The summed E-state index contributed by atoms with van der Waals surface area (Å²) < 4.78 is 0. The summed E-state index contributed by atoms with van der Waals surface area (Å²) in [6.07, 6.45) is 7.12. The van der Waals surface area contributed by atoms with Gasteiger partial charge in [-0.25, -0.2) is 4.79 Å².